The van der Waals surface area contributed by atoms with Crippen molar-refractivity contribution in [1.29, 1.82) is 0 Å². The maximum Gasteiger partial charge on any atom is 0.0606 e. The topological polar surface area (TPSA) is 20.2 Å². The first-order valence-electron chi connectivity index (χ1n) is 4.06. The van der Waals surface area contributed by atoms with Crippen LogP contribution in [0.5, 0.6) is 0 Å². The number of benzene rings is 1. The number of rotatable bonds is 3. The molecule has 12 heavy (non-hydrogen) atoms. The van der Waals surface area contributed by atoms with Crippen molar-refractivity contribution in [1.82, 2.24) is 0 Å². The molecule has 1 atom stereocenters. The molecular formula is C10H14OS. The Morgan fingerprint density at radius 2 is 2.08 bits per heavy atom. The number of aliphatic hydroxyl groups excluding tert-OH is 1. The zero-order valence-corrected chi connectivity index (χ0v) is 8.27. The highest BCUT2D eigenvalue weighted by molar-refractivity contribution is 7.99. The van der Waals surface area contributed by atoms with E-state index in [0.29, 0.717) is 0 Å². The van der Waals surface area contributed by atoms with Gasteiger partial charge in [0.05, 0.1) is 6.10 Å². The van der Waals surface area contributed by atoms with E-state index in [1.54, 1.807) is 11.8 Å². The lowest BCUT2D eigenvalue weighted by Gasteiger charge is -2.06. The summed E-state index contributed by atoms with van der Waals surface area (Å²) in [4.78, 5) is 1.26. The van der Waals surface area contributed by atoms with Gasteiger partial charge < -0.3 is 5.11 Å². The van der Waals surface area contributed by atoms with Crippen LogP contribution in [0, 0.1) is 6.92 Å². The normalized spacial score (nSPS) is 12.9. The van der Waals surface area contributed by atoms with E-state index in [1.807, 2.05) is 19.1 Å². The molecule has 0 saturated carbocycles. The lowest BCUT2D eigenvalue weighted by Crippen LogP contribution is -2.02. The predicted molar refractivity (Wildman–Crippen MR) is 53.6 cm³/mol. The van der Waals surface area contributed by atoms with Crippen molar-refractivity contribution < 1.29 is 5.11 Å². The second-order valence-corrected chi connectivity index (χ2v) is 3.99. The van der Waals surface area contributed by atoms with E-state index < -0.39 is 0 Å². The number of aryl methyl sites for hydroxylation is 1. The van der Waals surface area contributed by atoms with E-state index in [4.69, 9.17) is 5.11 Å². The molecule has 1 aromatic carbocycles. The van der Waals surface area contributed by atoms with Gasteiger partial charge in [0.15, 0.2) is 0 Å². The van der Waals surface area contributed by atoms with Crippen LogP contribution in [0.3, 0.4) is 0 Å². The van der Waals surface area contributed by atoms with Gasteiger partial charge in [-0.3, -0.25) is 0 Å². The van der Waals surface area contributed by atoms with Gasteiger partial charge in [-0.15, -0.1) is 11.8 Å². The first-order valence-corrected chi connectivity index (χ1v) is 5.05. The monoisotopic (exact) mass is 182 g/mol. The van der Waals surface area contributed by atoms with Crippen LogP contribution < -0.4 is 0 Å². The molecule has 0 radical (unpaired) electrons. The minimum Gasteiger partial charge on any atom is -0.393 e. The summed E-state index contributed by atoms with van der Waals surface area (Å²) in [7, 11) is 0. The Labute approximate surface area is 77.8 Å². The molecule has 1 nitrogen and oxygen atoms in total. The summed E-state index contributed by atoms with van der Waals surface area (Å²) in [6.45, 7) is 3.90. The fraction of sp³-hybridized carbons (Fsp3) is 0.400. The number of hydrogen-bond acceptors (Lipinski definition) is 2. The molecule has 0 unspecified atom stereocenters. The average Bonchev–Trinajstić information content (AvgIpc) is 2.03. The van der Waals surface area contributed by atoms with Crippen LogP contribution in [0.2, 0.25) is 0 Å². The van der Waals surface area contributed by atoms with Crippen molar-refractivity contribution in [2.24, 2.45) is 0 Å². The van der Waals surface area contributed by atoms with E-state index >= 15 is 0 Å². The fourth-order valence-electron chi connectivity index (χ4n) is 0.929. The fourth-order valence-corrected chi connectivity index (χ4v) is 1.82. The molecule has 0 aliphatic heterocycles. The Bertz CT molecular complexity index is 245. The highest BCUT2D eigenvalue weighted by Gasteiger charge is 1.99. The van der Waals surface area contributed by atoms with E-state index in [-0.39, 0.29) is 6.10 Å². The van der Waals surface area contributed by atoms with E-state index in [0.717, 1.165) is 5.75 Å². The quantitative estimate of drug-likeness (QED) is 0.725. The van der Waals surface area contributed by atoms with Crippen LogP contribution in [-0.4, -0.2) is 17.0 Å². The molecule has 0 fully saturated rings. The minimum atomic E-state index is -0.227. The van der Waals surface area contributed by atoms with Crippen LogP contribution in [-0.2, 0) is 0 Å². The molecule has 1 N–H and O–H groups in total. The molecule has 1 aromatic rings. The Balaban J connectivity index is 2.57. The predicted octanol–water partition coefficient (Wildman–Crippen LogP) is 2.47. The van der Waals surface area contributed by atoms with Gasteiger partial charge >= 0.3 is 0 Å². The lowest BCUT2D eigenvalue weighted by molar-refractivity contribution is 0.220. The van der Waals surface area contributed by atoms with Gasteiger partial charge in [0, 0.05) is 10.6 Å². The molecule has 2 heteroatoms. The highest BCUT2D eigenvalue weighted by atomic mass is 32.2. The number of aliphatic hydroxyl groups is 1. The van der Waals surface area contributed by atoms with Crippen LogP contribution in [0.15, 0.2) is 29.2 Å². The van der Waals surface area contributed by atoms with Gasteiger partial charge in [-0.25, -0.2) is 0 Å². The molecule has 0 aromatic heterocycles. The molecular weight excluding hydrogens is 168 g/mol. The van der Waals surface area contributed by atoms with Crippen LogP contribution in [0.1, 0.15) is 12.5 Å². The molecule has 0 bridgehead atoms. The first kappa shape index (κ1) is 9.62. The van der Waals surface area contributed by atoms with Crippen LogP contribution in [0.4, 0.5) is 0 Å². The Morgan fingerprint density at radius 3 is 2.67 bits per heavy atom. The van der Waals surface area contributed by atoms with Crippen LogP contribution in [0.25, 0.3) is 0 Å². The third-order valence-corrected chi connectivity index (χ3v) is 2.99. The van der Waals surface area contributed by atoms with E-state index in [1.165, 1.54) is 10.5 Å². The Hall–Kier alpha value is -0.470. The van der Waals surface area contributed by atoms with Crippen molar-refractivity contribution in [3.05, 3.63) is 29.8 Å². The minimum absolute atomic E-state index is 0.227. The Kier molecular flexibility index (Phi) is 3.63. The zero-order chi connectivity index (χ0) is 8.97. The zero-order valence-electron chi connectivity index (χ0n) is 7.45. The van der Waals surface area contributed by atoms with Gasteiger partial charge in [0.2, 0.25) is 0 Å². The third-order valence-electron chi connectivity index (χ3n) is 1.57. The molecule has 0 saturated heterocycles. The van der Waals surface area contributed by atoms with Gasteiger partial charge in [-0.2, -0.15) is 0 Å². The maximum atomic E-state index is 9.08. The summed E-state index contributed by atoms with van der Waals surface area (Å²) in [6, 6.07) is 8.23. The summed E-state index contributed by atoms with van der Waals surface area (Å²) in [5, 5.41) is 9.08. The van der Waals surface area contributed by atoms with Crippen molar-refractivity contribution in [2.75, 3.05) is 5.75 Å². The second kappa shape index (κ2) is 4.53. The lowest BCUT2D eigenvalue weighted by atomic mass is 10.2. The summed E-state index contributed by atoms with van der Waals surface area (Å²) < 4.78 is 0. The average molecular weight is 182 g/mol. The van der Waals surface area contributed by atoms with Crippen LogP contribution >= 0.6 is 11.8 Å². The number of hydrogen-bond donors (Lipinski definition) is 1. The molecule has 1 rings (SSSR count). The second-order valence-electron chi connectivity index (χ2n) is 2.93. The van der Waals surface area contributed by atoms with Gasteiger partial charge in [0.1, 0.15) is 0 Å². The van der Waals surface area contributed by atoms with Gasteiger partial charge in [-0.05, 0) is 25.5 Å². The largest absolute Gasteiger partial charge is 0.393 e. The van der Waals surface area contributed by atoms with E-state index in [2.05, 4.69) is 19.1 Å². The van der Waals surface area contributed by atoms with Crippen molar-refractivity contribution in [3.8, 4) is 0 Å². The van der Waals surface area contributed by atoms with Crippen molar-refractivity contribution in [2.45, 2.75) is 24.8 Å². The molecule has 0 amide bonds. The van der Waals surface area contributed by atoms with E-state index in [9.17, 15) is 0 Å². The summed E-state index contributed by atoms with van der Waals surface area (Å²) in [5.41, 5.74) is 1.28. The summed E-state index contributed by atoms with van der Waals surface area (Å²) in [6.07, 6.45) is -0.227. The molecule has 66 valence electrons. The van der Waals surface area contributed by atoms with Gasteiger partial charge in [-0.1, -0.05) is 18.2 Å². The smallest absolute Gasteiger partial charge is 0.0606 e. The summed E-state index contributed by atoms with van der Waals surface area (Å²) >= 11 is 1.71. The van der Waals surface area contributed by atoms with Crippen molar-refractivity contribution >= 4 is 11.8 Å². The first-order chi connectivity index (χ1) is 5.70. The summed E-state index contributed by atoms with van der Waals surface area (Å²) in [5.74, 6) is 0.769. The SMILES string of the molecule is Cc1ccccc1SC[C@H](C)O. The standard InChI is InChI=1S/C10H14OS/c1-8-5-3-4-6-10(8)12-7-9(2)11/h3-6,9,11H,7H2,1-2H3/t9-/m0/s1. The third kappa shape index (κ3) is 2.88. The highest BCUT2D eigenvalue weighted by Crippen LogP contribution is 2.22. The molecule has 0 aliphatic carbocycles. The molecule has 0 aliphatic rings. The number of thioether (sulfide) groups is 1. The van der Waals surface area contributed by atoms with Gasteiger partial charge in [0.25, 0.3) is 0 Å². The molecule has 0 heterocycles. The maximum absolute atomic E-state index is 9.08. The Morgan fingerprint density at radius 1 is 1.42 bits per heavy atom. The van der Waals surface area contributed by atoms with Crippen molar-refractivity contribution in [3.63, 3.8) is 0 Å². The molecule has 0 spiro atoms.